The maximum atomic E-state index is 12.3. The van der Waals surface area contributed by atoms with Gasteiger partial charge in [-0.05, 0) is 38.5 Å². The van der Waals surface area contributed by atoms with E-state index < -0.39 is 14.6 Å². The molecule has 25 heavy (non-hydrogen) atoms. The molecule has 0 aliphatic heterocycles. The van der Waals surface area contributed by atoms with E-state index in [1.165, 1.54) is 12.3 Å². The van der Waals surface area contributed by atoms with Crippen molar-refractivity contribution in [2.45, 2.75) is 37.1 Å². The van der Waals surface area contributed by atoms with E-state index >= 15 is 0 Å². The molecule has 7 heteroatoms. The third kappa shape index (κ3) is 5.03. The van der Waals surface area contributed by atoms with Crippen LogP contribution in [0, 0.1) is 0 Å². The molecule has 0 spiro atoms. The first-order valence-electron chi connectivity index (χ1n) is 7.95. The van der Waals surface area contributed by atoms with E-state index in [0.717, 1.165) is 5.56 Å². The first kappa shape index (κ1) is 18.9. The first-order valence-corrected chi connectivity index (χ1v) is 9.43. The second kappa shape index (κ2) is 7.65. The zero-order valence-corrected chi connectivity index (χ0v) is 15.4. The van der Waals surface area contributed by atoms with Gasteiger partial charge in [0.05, 0.1) is 23.2 Å². The highest BCUT2D eigenvalue weighted by atomic mass is 32.2. The number of nitrogens with one attached hydrogen (secondary N) is 2. The van der Waals surface area contributed by atoms with Crippen molar-refractivity contribution in [1.29, 1.82) is 0 Å². The van der Waals surface area contributed by atoms with Crippen LogP contribution in [0.3, 0.4) is 0 Å². The fraction of sp³-hybridized carbons (Fsp3) is 0.333. The van der Waals surface area contributed by atoms with Crippen molar-refractivity contribution in [3.8, 4) is 0 Å². The highest BCUT2D eigenvalue weighted by Crippen LogP contribution is 2.23. The number of nitrogens with zero attached hydrogens (tertiary/aromatic N) is 1. The lowest BCUT2D eigenvalue weighted by Crippen LogP contribution is -2.30. The summed E-state index contributed by atoms with van der Waals surface area (Å²) in [6.07, 6.45) is 1.42. The average molecular weight is 361 g/mol. The molecule has 0 atom stereocenters. The molecule has 0 radical (unpaired) electrons. The number of hydrogen-bond donors (Lipinski definition) is 2. The highest BCUT2D eigenvalue weighted by molar-refractivity contribution is 7.92. The van der Waals surface area contributed by atoms with Crippen molar-refractivity contribution >= 4 is 21.4 Å². The zero-order chi connectivity index (χ0) is 18.5. The molecule has 1 aromatic carbocycles. The third-order valence-electron chi connectivity index (χ3n) is 3.60. The minimum atomic E-state index is -3.48. The molecule has 0 unspecified atom stereocenters. The number of pyridine rings is 1. The lowest BCUT2D eigenvalue weighted by atomic mass is 10.2. The zero-order valence-electron chi connectivity index (χ0n) is 14.6. The summed E-state index contributed by atoms with van der Waals surface area (Å²) in [4.78, 5) is 15.9. The lowest BCUT2D eigenvalue weighted by molar-refractivity contribution is -0.119. The molecule has 0 aliphatic rings. The SMILES string of the molecule is CC(C)(C)S(=O)(=O)c1ccc(NCC(=O)NCc2ccccc2)cn1. The Hall–Kier alpha value is -2.41. The summed E-state index contributed by atoms with van der Waals surface area (Å²) >= 11 is 0. The molecule has 6 nitrogen and oxygen atoms in total. The summed E-state index contributed by atoms with van der Waals surface area (Å²) < 4.78 is 23.7. The molecular formula is C18H23N3O3S. The van der Waals surface area contributed by atoms with E-state index in [0.29, 0.717) is 12.2 Å². The molecule has 0 fully saturated rings. The van der Waals surface area contributed by atoms with Gasteiger partial charge in [-0.25, -0.2) is 13.4 Å². The van der Waals surface area contributed by atoms with Crippen molar-refractivity contribution in [1.82, 2.24) is 10.3 Å². The van der Waals surface area contributed by atoms with Gasteiger partial charge in [0.15, 0.2) is 14.9 Å². The van der Waals surface area contributed by atoms with Gasteiger partial charge in [0.2, 0.25) is 5.91 Å². The number of amides is 1. The minimum absolute atomic E-state index is 0.0269. The predicted octanol–water partition coefficient (Wildman–Crippen LogP) is 2.38. The lowest BCUT2D eigenvalue weighted by Gasteiger charge is -2.18. The van der Waals surface area contributed by atoms with Crippen LogP contribution >= 0.6 is 0 Å². The van der Waals surface area contributed by atoms with Crippen LogP contribution in [-0.2, 0) is 21.2 Å². The molecule has 134 valence electrons. The molecule has 0 saturated carbocycles. The Labute approximate surface area is 148 Å². The van der Waals surface area contributed by atoms with E-state index in [2.05, 4.69) is 15.6 Å². The van der Waals surface area contributed by atoms with Crippen LogP contribution in [0.25, 0.3) is 0 Å². The summed E-state index contributed by atoms with van der Waals surface area (Å²) in [6, 6.07) is 12.7. The molecule has 1 aromatic heterocycles. The summed E-state index contributed by atoms with van der Waals surface area (Å²) in [6.45, 7) is 5.44. The van der Waals surface area contributed by atoms with E-state index in [4.69, 9.17) is 0 Å². The Morgan fingerprint density at radius 3 is 2.32 bits per heavy atom. The van der Waals surface area contributed by atoms with E-state index in [-0.39, 0.29) is 17.5 Å². The van der Waals surface area contributed by atoms with Gasteiger partial charge in [-0.15, -0.1) is 0 Å². The highest BCUT2D eigenvalue weighted by Gasteiger charge is 2.31. The summed E-state index contributed by atoms with van der Waals surface area (Å²) in [7, 11) is -3.48. The van der Waals surface area contributed by atoms with Crippen LogP contribution in [0.1, 0.15) is 26.3 Å². The first-order chi connectivity index (χ1) is 11.7. The largest absolute Gasteiger partial charge is 0.375 e. The number of rotatable bonds is 6. The topological polar surface area (TPSA) is 88.2 Å². The van der Waals surface area contributed by atoms with Crippen molar-refractivity contribution in [2.24, 2.45) is 0 Å². The number of carbonyl (C=O) groups excluding carboxylic acids is 1. The van der Waals surface area contributed by atoms with Crippen LogP contribution in [0.4, 0.5) is 5.69 Å². The number of aromatic nitrogens is 1. The van der Waals surface area contributed by atoms with Crippen molar-refractivity contribution in [3.05, 3.63) is 54.2 Å². The normalized spacial score (nSPS) is 11.8. The quantitative estimate of drug-likeness (QED) is 0.825. The number of sulfone groups is 1. The summed E-state index contributed by atoms with van der Waals surface area (Å²) in [5.41, 5.74) is 1.61. The van der Waals surface area contributed by atoms with Crippen LogP contribution in [0.15, 0.2) is 53.7 Å². The Morgan fingerprint density at radius 2 is 1.76 bits per heavy atom. The Kier molecular flexibility index (Phi) is 5.79. The molecule has 2 N–H and O–H groups in total. The van der Waals surface area contributed by atoms with Gasteiger partial charge in [0.1, 0.15) is 0 Å². The predicted molar refractivity (Wildman–Crippen MR) is 98.0 cm³/mol. The monoisotopic (exact) mass is 361 g/mol. The number of anilines is 1. The standard InChI is InChI=1S/C18H23N3O3S/c1-18(2,3)25(23,24)17-10-9-15(12-21-17)19-13-16(22)20-11-14-7-5-4-6-8-14/h4-10,12,19H,11,13H2,1-3H3,(H,20,22). The molecular weight excluding hydrogens is 338 g/mol. The van der Waals surface area contributed by atoms with Crippen molar-refractivity contribution in [2.75, 3.05) is 11.9 Å². The second-order valence-corrected chi connectivity index (χ2v) is 9.27. The van der Waals surface area contributed by atoms with Gasteiger partial charge < -0.3 is 10.6 Å². The van der Waals surface area contributed by atoms with Gasteiger partial charge in [-0.1, -0.05) is 30.3 Å². The smallest absolute Gasteiger partial charge is 0.239 e. The van der Waals surface area contributed by atoms with Crippen LogP contribution < -0.4 is 10.6 Å². The number of hydrogen-bond acceptors (Lipinski definition) is 5. The minimum Gasteiger partial charge on any atom is -0.375 e. The maximum absolute atomic E-state index is 12.3. The van der Waals surface area contributed by atoms with Gasteiger partial charge in [0, 0.05) is 6.54 Å². The summed E-state index contributed by atoms with van der Waals surface area (Å²) in [5, 5.41) is 5.76. The molecule has 2 aromatic rings. The fourth-order valence-electron chi connectivity index (χ4n) is 2.00. The molecule has 0 aliphatic carbocycles. The van der Waals surface area contributed by atoms with E-state index in [9.17, 15) is 13.2 Å². The second-order valence-electron chi connectivity index (χ2n) is 6.62. The van der Waals surface area contributed by atoms with Crippen LogP contribution in [-0.4, -0.2) is 30.6 Å². The van der Waals surface area contributed by atoms with Gasteiger partial charge in [-0.2, -0.15) is 0 Å². The van der Waals surface area contributed by atoms with Gasteiger partial charge >= 0.3 is 0 Å². The molecule has 0 saturated heterocycles. The van der Waals surface area contributed by atoms with Gasteiger partial charge in [-0.3, -0.25) is 4.79 Å². The Balaban J connectivity index is 1.88. The molecule has 1 amide bonds. The van der Waals surface area contributed by atoms with Crippen LogP contribution in [0.5, 0.6) is 0 Å². The van der Waals surface area contributed by atoms with Crippen LogP contribution in [0.2, 0.25) is 0 Å². The number of carbonyl (C=O) groups is 1. The summed E-state index contributed by atoms with van der Waals surface area (Å²) in [5.74, 6) is -0.157. The van der Waals surface area contributed by atoms with Crippen molar-refractivity contribution in [3.63, 3.8) is 0 Å². The Morgan fingerprint density at radius 1 is 1.08 bits per heavy atom. The van der Waals surface area contributed by atoms with Gasteiger partial charge in [0.25, 0.3) is 0 Å². The maximum Gasteiger partial charge on any atom is 0.239 e. The van der Waals surface area contributed by atoms with E-state index in [1.807, 2.05) is 30.3 Å². The number of benzene rings is 1. The third-order valence-corrected chi connectivity index (χ3v) is 6.01. The molecule has 0 bridgehead atoms. The fourth-order valence-corrected chi connectivity index (χ4v) is 3.06. The van der Waals surface area contributed by atoms with Crippen molar-refractivity contribution < 1.29 is 13.2 Å². The average Bonchev–Trinajstić information content (AvgIpc) is 2.58. The molecule has 2 rings (SSSR count). The molecule has 1 heterocycles. The van der Waals surface area contributed by atoms with E-state index in [1.54, 1.807) is 26.8 Å². The Bertz CT molecular complexity index is 811.